The van der Waals surface area contributed by atoms with Gasteiger partial charge in [0.05, 0.1) is 6.10 Å². The number of aliphatic hydroxyl groups is 1. The fourth-order valence-electron chi connectivity index (χ4n) is 1.71. The van der Waals surface area contributed by atoms with Gasteiger partial charge in [0.15, 0.2) is 0 Å². The maximum atomic E-state index is 9.88. The van der Waals surface area contributed by atoms with Crippen LogP contribution in [-0.2, 0) is 6.42 Å². The lowest BCUT2D eigenvalue weighted by molar-refractivity contribution is 0.224. The molecule has 1 nitrogen and oxygen atoms in total. The first-order valence-electron chi connectivity index (χ1n) is 5.80. The van der Waals surface area contributed by atoms with Gasteiger partial charge in [-0.3, -0.25) is 0 Å². The Kier molecular flexibility index (Phi) is 4.11. The molecule has 86 valence electrons. The maximum Gasteiger partial charge on any atom is 0.0764 e. The third-order valence-corrected chi connectivity index (χ3v) is 2.60. The first kappa shape index (κ1) is 11.6. The number of aliphatic hydroxyl groups excluding tert-OH is 1. The summed E-state index contributed by atoms with van der Waals surface area (Å²) >= 11 is 0. The van der Waals surface area contributed by atoms with Gasteiger partial charge in [-0.1, -0.05) is 72.8 Å². The Morgan fingerprint density at radius 1 is 0.882 bits per heavy atom. The van der Waals surface area contributed by atoms with Crippen molar-refractivity contribution >= 4 is 6.08 Å². The largest absolute Gasteiger partial charge is 0.389 e. The number of hydrogen-bond acceptors (Lipinski definition) is 1. The summed E-state index contributed by atoms with van der Waals surface area (Å²) in [6, 6.07) is 20.0. The molecule has 0 bridgehead atoms. The van der Waals surface area contributed by atoms with Crippen molar-refractivity contribution in [3.63, 3.8) is 0 Å². The van der Waals surface area contributed by atoms with Crippen LogP contribution in [0.1, 0.15) is 11.1 Å². The van der Waals surface area contributed by atoms with Gasteiger partial charge in [-0.05, 0) is 11.1 Å². The Bertz CT molecular complexity index is 459. The predicted octanol–water partition coefficient (Wildman–Crippen LogP) is 3.30. The highest BCUT2D eigenvalue weighted by atomic mass is 16.3. The molecular formula is C16H16O. The van der Waals surface area contributed by atoms with E-state index in [-0.39, 0.29) is 0 Å². The molecule has 0 aromatic heterocycles. The second-order valence-corrected chi connectivity index (χ2v) is 4.03. The van der Waals surface area contributed by atoms with Gasteiger partial charge in [0.1, 0.15) is 0 Å². The van der Waals surface area contributed by atoms with Crippen LogP contribution in [0.4, 0.5) is 0 Å². The third-order valence-electron chi connectivity index (χ3n) is 2.60. The predicted molar refractivity (Wildman–Crippen MR) is 71.6 cm³/mol. The average molecular weight is 224 g/mol. The smallest absolute Gasteiger partial charge is 0.0764 e. The summed E-state index contributed by atoms with van der Waals surface area (Å²) in [4.78, 5) is 0. The Labute approximate surface area is 102 Å². The topological polar surface area (TPSA) is 20.2 Å². The van der Waals surface area contributed by atoms with Crippen molar-refractivity contribution < 1.29 is 5.11 Å². The highest BCUT2D eigenvalue weighted by Crippen LogP contribution is 2.06. The second-order valence-electron chi connectivity index (χ2n) is 4.03. The molecular weight excluding hydrogens is 208 g/mol. The molecule has 0 saturated heterocycles. The van der Waals surface area contributed by atoms with Crippen molar-refractivity contribution in [2.45, 2.75) is 12.5 Å². The molecule has 0 aliphatic rings. The lowest BCUT2D eigenvalue weighted by Gasteiger charge is -2.05. The molecule has 0 amide bonds. The molecule has 2 aromatic rings. The summed E-state index contributed by atoms with van der Waals surface area (Å²) in [7, 11) is 0. The summed E-state index contributed by atoms with van der Waals surface area (Å²) in [5.74, 6) is 0. The molecule has 1 N–H and O–H groups in total. The minimum atomic E-state index is -0.433. The molecule has 0 aliphatic carbocycles. The van der Waals surface area contributed by atoms with E-state index in [9.17, 15) is 5.11 Å². The second kappa shape index (κ2) is 6.02. The van der Waals surface area contributed by atoms with Crippen LogP contribution in [0.3, 0.4) is 0 Å². The van der Waals surface area contributed by atoms with Gasteiger partial charge in [-0.15, -0.1) is 0 Å². The van der Waals surface area contributed by atoms with Crippen molar-refractivity contribution in [1.29, 1.82) is 0 Å². The van der Waals surface area contributed by atoms with Gasteiger partial charge in [-0.2, -0.15) is 0 Å². The molecule has 0 saturated carbocycles. The molecule has 0 radical (unpaired) electrons. The summed E-state index contributed by atoms with van der Waals surface area (Å²) in [5.41, 5.74) is 2.26. The zero-order valence-corrected chi connectivity index (χ0v) is 9.66. The summed E-state index contributed by atoms with van der Waals surface area (Å²) in [6.07, 6.45) is 4.01. The van der Waals surface area contributed by atoms with Crippen LogP contribution in [-0.4, -0.2) is 11.2 Å². The molecule has 0 heterocycles. The Balaban J connectivity index is 1.94. The zero-order valence-electron chi connectivity index (χ0n) is 9.66. The quantitative estimate of drug-likeness (QED) is 0.844. The third kappa shape index (κ3) is 3.89. The Morgan fingerprint density at radius 2 is 1.47 bits per heavy atom. The normalized spacial score (nSPS) is 12.8. The highest BCUT2D eigenvalue weighted by molar-refractivity contribution is 5.49. The van der Waals surface area contributed by atoms with E-state index in [2.05, 4.69) is 0 Å². The van der Waals surface area contributed by atoms with E-state index in [4.69, 9.17) is 0 Å². The molecule has 0 spiro atoms. The van der Waals surface area contributed by atoms with E-state index in [1.54, 1.807) is 0 Å². The monoisotopic (exact) mass is 224 g/mol. The molecule has 0 aliphatic heterocycles. The lowest BCUT2D eigenvalue weighted by atomic mass is 10.1. The van der Waals surface area contributed by atoms with Gasteiger partial charge in [-0.25, -0.2) is 0 Å². The summed E-state index contributed by atoms with van der Waals surface area (Å²) < 4.78 is 0. The van der Waals surface area contributed by atoms with E-state index in [1.165, 1.54) is 0 Å². The number of benzene rings is 2. The van der Waals surface area contributed by atoms with E-state index in [0.717, 1.165) is 11.1 Å². The van der Waals surface area contributed by atoms with E-state index >= 15 is 0 Å². The number of rotatable bonds is 4. The molecule has 2 aromatic carbocycles. The Morgan fingerprint density at radius 3 is 2.12 bits per heavy atom. The van der Waals surface area contributed by atoms with Gasteiger partial charge in [0.2, 0.25) is 0 Å². The fourth-order valence-corrected chi connectivity index (χ4v) is 1.71. The molecule has 2 rings (SSSR count). The van der Waals surface area contributed by atoms with Crippen LogP contribution in [0.5, 0.6) is 0 Å². The van der Waals surface area contributed by atoms with Crippen molar-refractivity contribution in [3.05, 3.63) is 77.9 Å². The van der Waals surface area contributed by atoms with Gasteiger partial charge >= 0.3 is 0 Å². The van der Waals surface area contributed by atoms with Crippen LogP contribution in [0.15, 0.2) is 66.7 Å². The highest BCUT2D eigenvalue weighted by Gasteiger charge is 2.00. The maximum absolute atomic E-state index is 9.88. The van der Waals surface area contributed by atoms with Crippen molar-refractivity contribution in [1.82, 2.24) is 0 Å². The lowest BCUT2D eigenvalue weighted by Crippen LogP contribution is -2.06. The Hall–Kier alpha value is -1.86. The van der Waals surface area contributed by atoms with Gasteiger partial charge in [0, 0.05) is 6.42 Å². The minimum absolute atomic E-state index is 0.433. The number of hydrogen-bond donors (Lipinski definition) is 1. The van der Waals surface area contributed by atoms with Gasteiger partial charge in [0.25, 0.3) is 0 Å². The molecule has 1 unspecified atom stereocenters. The van der Waals surface area contributed by atoms with E-state index < -0.39 is 6.10 Å². The molecule has 1 heteroatoms. The van der Waals surface area contributed by atoms with E-state index in [1.807, 2.05) is 72.8 Å². The molecule has 0 fully saturated rings. The fraction of sp³-hybridized carbons (Fsp3) is 0.125. The van der Waals surface area contributed by atoms with Crippen molar-refractivity contribution in [3.8, 4) is 0 Å². The first-order chi connectivity index (χ1) is 8.34. The van der Waals surface area contributed by atoms with Gasteiger partial charge < -0.3 is 5.11 Å². The zero-order chi connectivity index (χ0) is 11.9. The van der Waals surface area contributed by atoms with E-state index in [0.29, 0.717) is 6.42 Å². The SMILES string of the molecule is OC(/C=C/c1ccccc1)Cc1ccccc1. The average Bonchev–Trinajstić information content (AvgIpc) is 2.39. The van der Waals surface area contributed by atoms with Crippen LogP contribution >= 0.6 is 0 Å². The summed E-state index contributed by atoms with van der Waals surface area (Å²) in [6.45, 7) is 0. The van der Waals surface area contributed by atoms with Crippen LogP contribution in [0.25, 0.3) is 6.08 Å². The molecule has 1 atom stereocenters. The van der Waals surface area contributed by atoms with Crippen LogP contribution in [0, 0.1) is 0 Å². The van der Waals surface area contributed by atoms with Crippen LogP contribution in [0.2, 0.25) is 0 Å². The molecule has 17 heavy (non-hydrogen) atoms. The van der Waals surface area contributed by atoms with Crippen LogP contribution < -0.4 is 0 Å². The first-order valence-corrected chi connectivity index (χ1v) is 5.80. The van der Waals surface area contributed by atoms with Crippen molar-refractivity contribution in [2.75, 3.05) is 0 Å². The standard InChI is InChI=1S/C16H16O/c17-16(13-15-9-5-2-6-10-15)12-11-14-7-3-1-4-8-14/h1-12,16-17H,13H2/b12-11+. The van der Waals surface area contributed by atoms with Crippen molar-refractivity contribution in [2.24, 2.45) is 0 Å². The summed E-state index contributed by atoms with van der Waals surface area (Å²) in [5, 5.41) is 9.88. The minimum Gasteiger partial charge on any atom is -0.389 e.